The van der Waals surface area contributed by atoms with Crippen molar-refractivity contribution in [1.29, 1.82) is 0 Å². The Kier molecular flexibility index (Phi) is 6.93. The lowest BCUT2D eigenvalue weighted by atomic mass is 10.2. The summed E-state index contributed by atoms with van der Waals surface area (Å²) < 4.78 is 19.7. The summed E-state index contributed by atoms with van der Waals surface area (Å²) >= 11 is 0. The van der Waals surface area contributed by atoms with Gasteiger partial charge in [-0.05, 0) is 56.7 Å². The van der Waals surface area contributed by atoms with E-state index in [0.717, 1.165) is 0 Å². The number of halogens is 1. The Balaban J connectivity index is 1.67. The molecule has 0 aliphatic carbocycles. The number of nitrogens with one attached hydrogen (secondary N) is 2. The third-order valence-corrected chi connectivity index (χ3v) is 4.60. The van der Waals surface area contributed by atoms with E-state index in [1.807, 2.05) is 0 Å². The Morgan fingerprint density at radius 1 is 1.09 bits per heavy atom. The van der Waals surface area contributed by atoms with Crippen LogP contribution < -0.4 is 10.6 Å². The maximum atomic E-state index is 13.5. The Morgan fingerprint density at radius 2 is 1.88 bits per heavy atom. The predicted octanol–water partition coefficient (Wildman–Crippen LogP) is 3.10. The lowest BCUT2D eigenvalue weighted by Crippen LogP contribution is -2.21. The van der Waals surface area contributed by atoms with Crippen molar-refractivity contribution in [3.63, 3.8) is 0 Å². The maximum Gasteiger partial charge on any atom is 0.338 e. The highest BCUT2D eigenvalue weighted by atomic mass is 19.1. The first kappa shape index (κ1) is 22.6. The molecule has 2 N–H and O–H groups in total. The minimum atomic E-state index is -0.565. The molecule has 0 atom stereocenters. The molecule has 0 spiro atoms. The molecular weight excluding hydrogens is 417 g/mol. The molecule has 2 aromatic carbocycles. The lowest BCUT2D eigenvalue weighted by Gasteiger charge is -2.09. The van der Waals surface area contributed by atoms with Crippen molar-refractivity contribution >= 4 is 29.2 Å². The predicted molar refractivity (Wildman–Crippen MR) is 115 cm³/mol. The average Bonchev–Trinajstić information content (AvgIpc) is 3.11. The van der Waals surface area contributed by atoms with Gasteiger partial charge in [-0.3, -0.25) is 9.59 Å². The summed E-state index contributed by atoms with van der Waals surface area (Å²) in [6, 6.07) is 10.4. The first-order valence-corrected chi connectivity index (χ1v) is 9.83. The van der Waals surface area contributed by atoms with Gasteiger partial charge in [-0.2, -0.15) is 0 Å². The smallest absolute Gasteiger partial charge is 0.338 e. The zero-order chi connectivity index (χ0) is 23.3. The number of amides is 2. The van der Waals surface area contributed by atoms with Gasteiger partial charge < -0.3 is 15.4 Å². The molecule has 0 unspecified atom stereocenters. The van der Waals surface area contributed by atoms with Crippen molar-refractivity contribution in [2.75, 3.05) is 17.2 Å². The molecule has 1 aromatic heterocycles. The molecule has 0 saturated carbocycles. The molecule has 2 amide bonds. The number of nitrogens with zero attached hydrogens (tertiary/aromatic N) is 3. The van der Waals surface area contributed by atoms with Gasteiger partial charge in [-0.15, -0.1) is 5.10 Å². The molecule has 0 saturated heterocycles. The van der Waals surface area contributed by atoms with Gasteiger partial charge in [0.15, 0.2) is 5.69 Å². The number of hydrogen-bond acceptors (Lipinski definition) is 6. The third kappa shape index (κ3) is 5.34. The number of benzene rings is 2. The summed E-state index contributed by atoms with van der Waals surface area (Å²) in [5.74, 6) is -1.95. The number of ether oxygens (including phenoxy) is 1. The largest absolute Gasteiger partial charge is 0.462 e. The summed E-state index contributed by atoms with van der Waals surface area (Å²) in [5, 5.41) is 13.0. The molecular formula is C22H22FN5O4. The topological polar surface area (TPSA) is 115 Å². The molecule has 0 fully saturated rings. The number of hydrogen-bond donors (Lipinski definition) is 2. The van der Waals surface area contributed by atoms with Gasteiger partial charge in [0, 0.05) is 11.4 Å². The van der Waals surface area contributed by atoms with Crippen LogP contribution in [0.15, 0.2) is 42.5 Å². The van der Waals surface area contributed by atoms with Gasteiger partial charge in [0.2, 0.25) is 5.91 Å². The highest BCUT2D eigenvalue weighted by Gasteiger charge is 2.19. The fourth-order valence-corrected chi connectivity index (χ4v) is 2.91. The second-order valence-electron chi connectivity index (χ2n) is 6.94. The van der Waals surface area contributed by atoms with E-state index in [1.165, 1.54) is 22.9 Å². The summed E-state index contributed by atoms with van der Waals surface area (Å²) in [4.78, 5) is 36.8. The van der Waals surface area contributed by atoms with Crippen LogP contribution in [0.3, 0.4) is 0 Å². The van der Waals surface area contributed by atoms with Crippen molar-refractivity contribution in [3.8, 4) is 0 Å². The van der Waals surface area contributed by atoms with Gasteiger partial charge in [0.1, 0.15) is 12.4 Å². The quantitative estimate of drug-likeness (QED) is 0.547. The first-order chi connectivity index (χ1) is 15.3. The van der Waals surface area contributed by atoms with Gasteiger partial charge in [-0.25, -0.2) is 13.9 Å². The normalized spacial score (nSPS) is 10.5. The van der Waals surface area contributed by atoms with Crippen LogP contribution in [0.1, 0.15) is 39.0 Å². The maximum absolute atomic E-state index is 13.5. The summed E-state index contributed by atoms with van der Waals surface area (Å²) in [7, 11) is 0. The molecule has 3 aromatic rings. The van der Waals surface area contributed by atoms with Crippen LogP contribution in [-0.4, -0.2) is 39.4 Å². The fourth-order valence-electron chi connectivity index (χ4n) is 2.91. The van der Waals surface area contributed by atoms with E-state index < -0.39 is 23.6 Å². The highest BCUT2D eigenvalue weighted by Crippen LogP contribution is 2.18. The van der Waals surface area contributed by atoms with Crippen molar-refractivity contribution < 1.29 is 23.5 Å². The summed E-state index contributed by atoms with van der Waals surface area (Å²) in [6.45, 7) is 5.09. The van der Waals surface area contributed by atoms with Crippen LogP contribution in [0, 0.1) is 19.7 Å². The monoisotopic (exact) mass is 439 g/mol. The highest BCUT2D eigenvalue weighted by molar-refractivity contribution is 6.04. The van der Waals surface area contributed by atoms with E-state index in [4.69, 9.17) is 4.74 Å². The van der Waals surface area contributed by atoms with E-state index in [9.17, 15) is 18.8 Å². The summed E-state index contributed by atoms with van der Waals surface area (Å²) in [5.41, 5.74) is 2.13. The van der Waals surface area contributed by atoms with Gasteiger partial charge in [-0.1, -0.05) is 17.3 Å². The molecule has 32 heavy (non-hydrogen) atoms. The Labute approximate surface area is 183 Å². The Morgan fingerprint density at radius 3 is 2.62 bits per heavy atom. The number of carbonyl (C=O) groups is 3. The van der Waals surface area contributed by atoms with Crippen LogP contribution in [0.2, 0.25) is 0 Å². The molecule has 0 radical (unpaired) electrons. The van der Waals surface area contributed by atoms with Crippen molar-refractivity contribution in [2.24, 2.45) is 0 Å². The standard InChI is InChI=1S/C22H22FN5O4/c1-4-32-22(31)15-6-5-7-17(10-15)24-19(29)12-28-14(3)20(26-27-28)21(30)25-18-11-16(23)9-8-13(18)2/h5-11H,4,12H2,1-3H3,(H,24,29)(H,25,30). The Hall–Kier alpha value is -4.08. The van der Waals surface area contributed by atoms with Crippen LogP contribution in [0.4, 0.5) is 15.8 Å². The molecule has 1 heterocycles. The minimum absolute atomic E-state index is 0.0192. The molecule has 166 valence electrons. The van der Waals surface area contributed by atoms with Crippen LogP contribution >= 0.6 is 0 Å². The van der Waals surface area contributed by atoms with Crippen molar-refractivity contribution in [2.45, 2.75) is 27.3 Å². The molecule has 0 aliphatic heterocycles. The van der Waals surface area contributed by atoms with E-state index >= 15 is 0 Å². The van der Waals surface area contributed by atoms with Gasteiger partial charge in [0.05, 0.1) is 17.9 Å². The second kappa shape index (κ2) is 9.82. The van der Waals surface area contributed by atoms with Crippen molar-refractivity contribution in [1.82, 2.24) is 15.0 Å². The molecule has 10 heteroatoms. The molecule has 9 nitrogen and oxygen atoms in total. The zero-order valence-corrected chi connectivity index (χ0v) is 17.8. The number of anilines is 2. The number of carbonyl (C=O) groups excluding carboxylic acids is 3. The number of esters is 1. The van der Waals surface area contributed by atoms with E-state index in [1.54, 1.807) is 45.0 Å². The van der Waals surface area contributed by atoms with Gasteiger partial charge >= 0.3 is 5.97 Å². The second-order valence-corrected chi connectivity index (χ2v) is 6.94. The fraction of sp³-hybridized carbons (Fsp3) is 0.227. The zero-order valence-electron chi connectivity index (χ0n) is 17.8. The number of aryl methyl sites for hydroxylation is 1. The lowest BCUT2D eigenvalue weighted by molar-refractivity contribution is -0.117. The number of aromatic nitrogens is 3. The van der Waals surface area contributed by atoms with Crippen LogP contribution in [-0.2, 0) is 16.1 Å². The molecule has 3 rings (SSSR count). The van der Waals surface area contributed by atoms with E-state index in [-0.39, 0.29) is 18.8 Å². The van der Waals surface area contributed by atoms with E-state index in [2.05, 4.69) is 20.9 Å². The van der Waals surface area contributed by atoms with Crippen LogP contribution in [0.5, 0.6) is 0 Å². The third-order valence-electron chi connectivity index (χ3n) is 4.60. The number of rotatable bonds is 7. The summed E-state index contributed by atoms with van der Waals surface area (Å²) in [6.07, 6.45) is 0. The van der Waals surface area contributed by atoms with Gasteiger partial charge in [0.25, 0.3) is 5.91 Å². The van der Waals surface area contributed by atoms with Crippen LogP contribution in [0.25, 0.3) is 0 Å². The SMILES string of the molecule is CCOC(=O)c1cccc(NC(=O)Cn2nnc(C(=O)Nc3cc(F)ccc3C)c2C)c1. The van der Waals surface area contributed by atoms with Crippen molar-refractivity contribution in [3.05, 3.63) is 70.8 Å². The minimum Gasteiger partial charge on any atom is -0.462 e. The first-order valence-electron chi connectivity index (χ1n) is 9.83. The van der Waals surface area contributed by atoms with E-state index in [0.29, 0.717) is 28.2 Å². The molecule has 0 aliphatic rings. The Bertz CT molecular complexity index is 1170. The molecule has 0 bridgehead atoms. The average molecular weight is 439 g/mol.